The van der Waals surface area contributed by atoms with Crippen molar-refractivity contribution in [3.05, 3.63) is 18.8 Å². The third kappa shape index (κ3) is 5.21. The molecule has 2 heteroatoms. The van der Waals surface area contributed by atoms with Crippen molar-refractivity contribution in [3.8, 4) is 0 Å². The minimum Gasteiger partial charge on any atom is -0.512 e. The van der Waals surface area contributed by atoms with Crippen molar-refractivity contribution >= 4 is 5.78 Å². The van der Waals surface area contributed by atoms with Gasteiger partial charge in [0.25, 0.3) is 0 Å². The maximum atomic E-state index is 9.91. The van der Waals surface area contributed by atoms with Gasteiger partial charge in [0.1, 0.15) is 0 Å². The normalized spacial score (nSPS) is 11.4. The van der Waals surface area contributed by atoms with Crippen molar-refractivity contribution in [2.75, 3.05) is 0 Å². The van der Waals surface area contributed by atoms with Crippen LogP contribution in [0.15, 0.2) is 11.8 Å². The standard InChI is InChI=1S/C5H7O2/c1-4(6)3-5(2)7/h3,7H,1H2,2H3. The molecule has 0 fully saturated rings. The summed E-state index contributed by atoms with van der Waals surface area (Å²) in [5.41, 5.74) is 0. The molecule has 0 aliphatic rings. The lowest BCUT2D eigenvalue weighted by Gasteiger charge is -1.80. The molecule has 0 atom stereocenters. The monoisotopic (exact) mass is 99.0 g/mol. The molecule has 0 rings (SSSR count). The highest BCUT2D eigenvalue weighted by Gasteiger charge is 1.83. The predicted molar refractivity (Wildman–Crippen MR) is 26.7 cm³/mol. The molecule has 0 unspecified atom stereocenters. The van der Waals surface area contributed by atoms with Crippen LogP contribution in [0.25, 0.3) is 0 Å². The molecular weight excluding hydrogens is 92.1 g/mol. The maximum Gasteiger partial charge on any atom is 0.159 e. The van der Waals surface area contributed by atoms with E-state index in [2.05, 4.69) is 6.92 Å². The molecule has 0 aromatic carbocycles. The minimum atomic E-state index is -0.375. The lowest BCUT2D eigenvalue weighted by molar-refractivity contribution is -0.110. The van der Waals surface area contributed by atoms with Crippen LogP contribution < -0.4 is 0 Å². The lowest BCUT2D eigenvalue weighted by atomic mass is 10.4. The van der Waals surface area contributed by atoms with Gasteiger partial charge in [-0.05, 0) is 6.92 Å². The zero-order valence-corrected chi connectivity index (χ0v) is 4.14. The summed E-state index contributed by atoms with van der Waals surface area (Å²) in [6.07, 6.45) is 1.06. The first-order valence-corrected chi connectivity index (χ1v) is 1.86. The van der Waals surface area contributed by atoms with Crippen LogP contribution in [0, 0.1) is 6.92 Å². The van der Waals surface area contributed by atoms with E-state index >= 15 is 0 Å². The maximum absolute atomic E-state index is 9.91. The molecule has 0 aromatic heterocycles. The van der Waals surface area contributed by atoms with Crippen LogP contribution in [0.2, 0.25) is 0 Å². The van der Waals surface area contributed by atoms with E-state index in [-0.39, 0.29) is 11.5 Å². The van der Waals surface area contributed by atoms with E-state index in [0.717, 1.165) is 6.08 Å². The number of carbonyl (C=O) groups excluding carboxylic acids is 1. The Labute approximate surface area is 42.5 Å². The first-order valence-electron chi connectivity index (χ1n) is 1.86. The molecule has 0 aliphatic carbocycles. The highest BCUT2D eigenvalue weighted by Crippen LogP contribution is 1.81. The molecule has 0 aromatic rings. The van der Waals surface area contributed by atoms with E-state index in [1.165, 1.54) is 6.92 Å². The topological polar surface area (TPSA) is 37.3 Å². The third-order valence-corrected chi connectivity index (χ3v) is 0.370. The van der Waals surface area contributed by atoms with Crippen molar-refractivity contribution < 1.29 is 9.90 Å². The van der Waals surface area contributed by atoms with Gasteiger partial charge in [-0.25, -0.2) is 0 Å². The SMILES string of the molecule is [CH2]C(=O)C=C(C)O. The summed E-state index contributed by atoms with van der Waals surface area (Å²) < 4.78 is 0. The fourth-order valence-electron chi connectivity index (χ4n) is 0.233. The van der Waals surface area contributed by atoms with E-state index in [1.54, 1.807) is 0 Å². The Kier molecular flexibility index (Phi) is 2.12. The average molecular weight is 99.1 g/mol. The van der Waals surface area contributed by atoms with Gasteiger partial charge >= 0.3 is 0 Å². The summed E-state index contributed by atoms with van der Waals surface area (Å²) in [4.78, 5) is 9.91. The molecule has 7 heavy (non-hydrogen) atoms. The fraction of sp³-hybridized carbons (Fsp3) is 0.200. The van der Waals surface area contributed by atoms with Gasteiger partial charge in [0.2, 0.25) is 0 Å². The Bertz CT molecular complexity index is 98.6. The number of ketones is 1. The summed E-state index contributed by atoms with van der Waals surface area (Å²) in [7, 11) is 0. The Morgan fingerprint density at radius 2 is 2.29 bits per heavy atom. The van der Waals surface area contributed by atoms with Crippen molar-refractivity contribution in [1.82, 2.24) is 0 Å². The van der Waals surface area contributed by atoms with Crippen LogP contribution in [0.5, 0.6) is 0 Å². The molecule has 1 radical (unpaired) electrons. The molecule has 0 saturated carbocycles. The Balaban J connectivity index is 3.68. The predicted octanol–water partition coefficient (Wildman–Crippen LogP) is 0.851. The molecule has 2 nitrogen and oxygen atoms in total. The zero-order chi connectivity index (χ0) is 5.86. The Hall–Kier alpha value is -0.790. The van der Waals surface area contributed by atoms with Crippen molar-refractivity contribution in [2.24, 2.45) is 0 Å². The van der Waals surface area contributed by atoms with Crippen molar-refractivity contribution in [1.29, 1.82) is 0 Å². The summed E-state index contributed by atoms with van der Waals surface area (Å²) >= 11 is 0. The molecule has 0 bridgehead atoms. The number of allylic oxidation sites excluding steroid dienone is 2. The molecular formula is C5H7O2. The molecule has 0 spiro atoms. The first kappa shape index (κ1) is 6.21. The van der Waals surface area contributed by atoms with Crippen LogP contribution in [-0.2, 0) is 4.79 Å². The number of hydrogen-bond donors (Lipinski definition) is 1. The van der Waals surface area contributed by atoms with Gasteiger partial charge < -0.3 is 5.11 Å². The fourth-order valence-corrected chi connectivity index (χ4v) is 0.233. The second kappa shape index (κ2) is 2.39. The smallest absolute Gasteiger partial charge is 0.159 e. The number of carbonyl (C=O) groups is 1. The first-order chi connectivity index (χ1) is 3.13. The number of aliphatic hydroxyl groups is 1. The van der Waals surface area contributed by atoms with Crippen molar-refractivity contribution in [3.63, 3.8) is 0 Å². The highest BCUT2D eigenvalue weighted by atomic mass is 16.3. The second-order valence-corrected chi connectivity index (χ2v) is 1.25. The molecule has 39 valence electrons. The van der Waals surface area contributed by atoms with Crippen LogP contribution in [-0.4, -0.2) is 10.9 Å². The van der Waals surface area contributed by atoms with Gasteiger partial charge in [-0.1, -0.05) is 0 Å². The zero-order valence-electron chi connectivity index (χ0n) is 4.14. The highest BCUT2D eigenvalue weighted by molar-refractivity contribution is 5.93. The quantitative estimate of drug-likeness (QED) is 0.391. The Morgan fingerprint density at radius 3 is 2.29 bits per heavy atom. The Morgan fingerprint density at radius 1 is 1.86 bits per heavy atom. The minimum absolute atomic E-state index is 0.000000000000000222. The van der Waals surface area contributed by atoms with Gasteiger partial charge in [0.05, 0.1) is 5.76 Å². The van der Waals surface area contributed by atoms with E-state index in [4.69, 9.17) is 5.11 Å². The summed E-state index contributed by atoms with van der Waals surface area (Å²) in [6.45, 7) is 4.42. The number of hydrogen-bond acceptors (Lipinski definition) is 2. The van der Waals surface area contributed by atoms with Gasteiger partial charge in [0.15, 0.2) is 5.78 Å². The van der Waals surface area contributed by atoms with E-state index < -0.39 is 0 Å². The lowest BCUT2D eigenvalue weighted by Crippen LogP contribution is -1.83. The van der Waals surface area contributed by atoms with Crippen LogP contribution in [0.3, 0.4) is 0 Å². The molecule has 0 heterocycles. The number of aliphatic hydroxyl groups excluding tert-OH is 1. The van der Waals surface area contributed by atoms with Gasteiger partial charge in [-0.3, -0.25) is 4.79 Å². The van der Waals surface area contributed by atoms with Crippen LogP contribution in [0.4, 0.5) is 0 Å². The van der Waals surface area contributed by atoms with Gasteiger partial charge in [0, 0.05) is 13.0 Å². The molecule has 1 N–H and O–H groups in total. The van der Waals surface area contributed by atoms with Gasteiger partial charge in [-0.15, -0.1) is 0 Å². The number of rotatable bonds is 1. The van der Waals surface area contributed by atoms with E-state index in [1.807, 2.05) is 0 Å². The van der Waals surface area contributed by atoms with Crippen LogP contribution >= 0.6 is 0 Å². The third-order valence-electron chi connectivity index (χ3n) is 0.370. The molecule has 0 amide bonds. The van der Waals surface area contributed by atoms with E-state index in [9.17, 15) is 4.79 Å². The molecule has 0 aliphatic heterocycles. The second-order valence-electron chi connectivity index (χ2n) is 1.25. The average Bonchev–Trinajstić information content (AvgIpc) is 1.27. The molecule has 0 saturated heterocycles. The van der Waals surface area contributed by atoms with Gasteiger partial charge in [-0.2, -0.15) is 0 Å². The summed E-state index contributed by atoms with van der Waals surface area (Å²) in [5.74, 6) is -0.375. The van der Waals surface area contributed by atoms with E-state index in [0.29, 0.717) is 0 Å². The van der Waals surface area contributed by atoms with Crippen LogP contribution in [0.1, 0.15) is 6.92 Å². The largest absolute Gasteiger partial charge is 0.512 e. The van der Waals surface area contributed by atoms with Crippen molar-refractivity contribution in [2.45, 2.75) is 6.92 Å². The summed E-state index contributed by atoms with van der Waals surface area (Å²) in [5, 5.41) is 8.32. The summed E-state index contributed by atoms with van der Waals surface area (Å²) in [6, 6.07) is 0.